The number of hydrogen-bond donors (Lipinski definition) is 2. The molecule has 20 heavy (non-hydrogen) atoms. The molecule has 0 saturated carbocycles. The van der Waals surface area contributed by atoms with Gasteiger partial charge in [0.25, 0.3) is 5.92 Å². The molecule has 2 aromatic carbocycles. The van der Waals surface area contributed by atoms with Crippen LogP contribution in [-0.4, -0.2) is 17.6 Å². The molecule has 0 heterocycles. The number of ether oxygens (including phenoxy) is 1. The zero-order valence-electron chi connectivity index (χ0n) is 10.7. The Hall–Kier alpha value is -1.98. The Kier molecular flexibility index (Phi) is 4.32. The largest absolute Gasteiger partial charge is 0.457 e. The van der Waals surface area contributed by atoms with Crippen molar-refractivity contribution in [3.63, 3.8) is 0 Å². The molecule has 0 aromatic heterocycles. The Morgan fingerprint density at radius 3 is 2.35 bits per heavy atom. The Balaban J connectivity index is 2.20. The number of aliphatic hydroxyl groups excluding tert-OH is 1. The third-order valence-corrected chi connectivity index (χ3v) is 2.86. The van der Waals surface area contributed by atoms with E-state index in [2.05, 4.69) is 0 Å². The van der Waals surface area contributed by atoms with Crippen LogP contribution in [0.2, 0.25) is 0 Å². The van der Waals surface area contributed by atoms with Gasteiger partial charge in [-0.15, -0.1) is 0 Å². The van der Waals surface area contributed by atoms with Crippen LogP contribution in [0.4, 0.5) is 8.78 Å². The van der Waals surface area contributed by atoms with Crippen molar-refractivity contribution in [3.05, 3.63) is 60.2 Å². The number of benzene rings is 2. The first-order chi connectivity index (χ1) is 9.53. The number of aliphatic hydroxyl groups is 1. The molecule has 1 atom stereocenters. The topological polar surface area (TPSA) is 55.5 Å². The van der Waals surface area contributed by atoms with Crippen molar-refractivity contribution in [2.24, 2.45) is 5.73 Å². The normalized spacial score (nSPS) is 13.0. The molecule has 106 valence electrons. The molecule has 0 bridgehead atoms. The maximum Gasteiger partial charge on any atom is 0.289 e. The smallest absolute Gasteiger partial charge is 0.289 e. The summed E-state index contributed by atoms with van der Waals surface area (Å²) < 4.78 is 32.3. The summed E-state index contributed by atoms with van der Waals surface area (Å²) in [4.78, 5) is 0. The fourth-order valence-electron chi connectivity index (χ4n) is 1.74. The Bertz CT molecular complexity index is 561. The van der Waals surface area contributed by atoms with Crippen molar-refractivity contribution < 1.29 is 18.6 Å². The number of halogens is 2. The van der Waals surface area contributed by atoms with E-state index in [-0.39, 0.29) is 5.56 Å². The van der Waals surface area contributed by atoms with Gasteiger partial charge in [0, 0.05) is 0 Å². The summed E-state index contributed by atoms with van der Waals surface area (Å²) in [5.41, 5.74) is 5.69. The molecule has 0 amide bonds. The highest BCUT2D eigenvalue weighted by Crippen LogP contribution is 2.31. The first kappa shape index (κ1) is 14.4. The van der Waals surface area contributed by atoms with Crippen LogP contribution in [0.25, 0.3) is 0 Å². The lowest BCUT2D eigenvalue weighted by Crippen LogP contribution is -2.36. The first-order valence-corrected chi connectivity index (χ1v) is 6.10. The summed E-state index contributed by atoms with van der Waals surface area (Å²) in [6, 6.07) is 13.6. The van der Waals surface area contributed by atoms with Crippen LogP contribution >= 0.6 is 0 Å². The molecule has 0 fully saturated rings. The second-order valence-corrected chi connectivity index (χ2v) is 4.38. The summed E-state index contributed by atoms with van der Waals surface area (Å²) >= 11 is 0. The van der Waals surface area contributed by atoms with Crippen molar-refractivity contribution in [2.45, 2.75) is 12.0 Å². The lowest BCUT2D eigenvalue weighted by Gasteiger charge is -2.22. The first-order valence-electron chi connectivity index (χ1n) is 6.10. The summed E-state index contributed by atoms with van der Waals surface area (Å²) in [6.45, 7) is -1.29. The minimum Gasteiger partial charge on any atom is -0.457 e. The standard InChI is InChI=1S/C15H15F2NO2/c16-15(17,10-19)14(18)11-5-4-8-13(9-11)20-12-6-2-1-3-7-12/h1-9,14,19H,10,18H2/t14-/m1/s1. The van der Waals surface area contributed by atoms with Gasteiger partial charge < -0.3 is 15.6 Å². The van der Waals surface area contributed by atoms with E-state index >= 15 is 0 Å². The van der Waals surface area contributed by atoms with E-state index in [4.69, 9.17) is 15.6 Å². The molecule has 0 aliphatic heterocycles. The minimum absolute atomic E-state index is 0.206. The molecule has 0 unspecified atom stereocenters. The summed E-state index contributed by atoms with van der Waals surface area (Å²) in [7, 11) is 0. The monoisotopic (exact) mass is 279 g/mol. The summed E-state index contributed by atoms with van der Waals surface area (Å²) in [6.07, 6.45) is 0. The van der Waals surface area contributed by atoms with E-state index < -0.39 is 18.6 Å². The Morgan fingerprint density at radius 1 is 1.05 bits per heavy atom. The molecule has 5 heteroatoms. The molecule has 3 N–H and O–H groups in total. The molecule has 0 spiro atoms. The van der Waals surface area contributed by atoms with Gasteiger partial charge in [-0.25, -0.2) is 8.78 Å². The molecule has 2 aromatic rings. The van der Waals surface area contributed by atoms with Crippen LogP contribution in [0, 0.1) is 0 Å². The van der Waals surface area contributed by atoms with Crippen LogP contribution in [0.1, 0.15) is 11.6 Å². The predicted molar refractivity (Wildman–Crippen MR) is 71.9 cm³/mol. The summed E-state index contributed by atoms with van der Waals surface area (Å²) in [5.74, 6) is -2.35. The molecule has 0 saturated heterocycles. The SMILES string of the molecule is N[C@H](c1cccc(Oc2ccccc2)c1)C(F)(F)CO. The van der Waals surface area contributed by atoms with Crippen LogP contribution < -0.4 is 10.5 Å². The average Bonchev–Trinajstić information content (AvgIpc) is 2.48. The predicted octanol–water partition coefficient (Wildman–Crippen LogP) is 3.11. The van der Waals surface area contributed by atoms with Crippen molar-refractivity contribution in [2.75, 3.05) is 6.61 Å². The van der Waals surface area contributed by atoms with E-state index in [1.807, 2.05) is 18.2 Å². The van der Waals surface area contributed by atoms with Crippen LogP contribution in [0.5, 0.6) is 11.5 Å². The van der Waals surface area contributed by atoms with E-state index in [9.17, 15) is 8.78 Å². The molecule has 0 radical (unpaired) electrons. The lowest BCUT2D eigenvalue weighted by atomic mass is 10.0. The van der Waals surface area contributed by atoms with Gasteiger partial charge in [0.05, 0.1) is 6.04 Å². The van der Waals surface area contributed by atoms with Crippen LogP contribution in [0.15, 0.2) is 54.6 Å². The van der Waals surface area contributed by atoms with E-state index in [1.54, 1.807) is 24.3 Å². The fourth-order valence-corrected chi connectivity index (χ4v) is 1.74. The average molecular weight is 279 g/mol. The highest BCUT2D eigenvalue weighted by molar-refractivity contribution is 5.35. The Labute approximate surface area is 115 Å². The van der Waals surface area contributed by atoms with Crippen molar-refractivity contribution >= 4 is 0 Å². The molecule has 2 rings (SSSR count). The van der Waals surface area contributed by atoms with Crippen LogP contribution in [0.3, 0.4) is 0 Å². The third kappa shape index (κ3) is 3.31. The molecule has 0 aliphatic carbocycles. The van der Waals surface area contributed by atoms with Crippen LogP contribution in [-0.2, 0) is 0 Å². The maximum absolute atomic E-state index is 13.4. The fraction of sp³-hybridized carbons (Fsp3) is 0.200. The highest BCUT2D eigenvalue weighted by atomic mass is 19.3. The van der Waals surface area contributed by atoms with Gasteiger partial charge in [0.15, 0.2) is 0 Å². The van der Waals surface area contributed by atoms with Crippen molar-refractivity contribution in [3.8, 4) is 11.5 Å². The minimum atomic E-state index is -3.37. The van der Waals surface area contributed by atoms with E-state index in [0.29, 0.717) is 11.5 Å². The van der Waals surface area contributed by atoms with E-state index in [1.165, 1.54) is 12.1 Å². The zero-order valence-corrected chi connectivity index (χ0v) is 10.7. The third-order valence-electron chi connectivity index (χ3n) is 2.86. The van der Waals surface area contributed by atoms with E-state index in [0.717, 1.165) is 0 Å². The van der Waals surface area contributed by atoms with Gasteiger partial charge in [0.2, 0.25) is 0 Å². The van der Waals surface area contributed by atoms with Gasteiger partial charge in [-0.05, 0) is 29.8 Å². The van der Waals surface area contributed by atoms with Gasteiger partial charge >= 0.3 is 0 Å². The maximum atomic E-state index is 13.4. The number of hydrogen-bond acceptors (Lipinski definition) is 3. The Morgan fingerprint density at radius 2 is 1.70 bits per heavy atom. The van der Waals surface area contributed by atoms with Gasteiger partial charge in [-0.3, -0.25) is 0 Å². The molecule has 3 nitrogen and oxygen atoms in total. The van der Waals surface area contributed by atoms with Gasteiger partial charge in [0.1, 0.15) is 18.1 Å². The summed E-state index contributed by atoms with van der Waals surface area (Å²) in [5, 5.41) is 8.67. The second kappa shape index (κ2) is 5.98. The molecular weight excluding hydrogens is 264 g/mol. The number of rotatable bonds is 5. The van der Waals surface area contributed by atoms with Crippen molar-refractivity contribution in [1.82, 2.24) is 0 Å². The second-order valence-electron chi connectivity index (χ2n) is 4.38. The lowest BCUT2D eigenvalue weighted by molar-refractivity contribution is -0.0712. The quantitative estimate of drug-likeness (QED) is 0.884. The zero-order chi connectivity index (χ0) is 14.6. The number of alkyl halides is 2. The van der Waals surface area contributed by atoms with Gasteiger partial charge in [-0.1, -0.05) is 30.3 Å². The van der Waals surface area contributed by atoms with Crippen molar-refractivity contribution in [1.29, 1.82) is 0 Å². The number of nitrogens with two attached hydrogens (primary N) is 1. The van der Waals surface area contributed by atoms with Gasteiger partial charge in [-0.2, -0.15) is 0 Å². The number of para-hydroxylation sites is 1. The molecular formula is C15H15F2NO2. The highest BCUT2D eigenvalue weighted by Gasteiger charge is 2.37. The molecule has 0 aliphatic rings.